The molecule has 2 rings (SSSR count). The van der Waals surface area contributed by atoms with Gasteiger partial charge in [0.25, 0.3) is 5.91 Å². The van der Waals surface area contributed by atoms with Crippen molar-refractivity contribution in [1.82, 2.24) is 0 Å². The Hall–Kier alpha value is -2.34. The summed E-state index contributed by atoms with van der Waals surface area (Å²) in [7, 11) is 3.90. The summed E-state index contributed by atoms with van der Waals surface area (Å²) in [6.07, 6.45) is 0.874. The predicted octanol–water partition coefficient (Wildman–Crippen LogP) is 3.48. The number of nitrogens with one attached hydrogen (secondary N) is 1. The second kappa shape index (κ2) is 7.97. The van der Waals surface area contributed by atoms with Gasteiger partial charge in [-0.2, -0.15) is 0 Å². The number of aryl methyl sites for hydroxylation is 2. The number of anilines is 2. The second-order valence-electron chi connectivity index (χ2n) is 5.61. The number of hydrogen-bond donors (Lipinski definition) is 1. The maximum absolute atomic E-state index is 12.0. The summed E-state index contributed by atoms with van der Waals surface area (Å²) in [6.45, 7) is 3.72. The number of esters is 1. The molecule has 0 radical (unpaired) electrons. The monoisotopic (exact) mass is 346 g/mol. The Morgan fingerprint density at radius 1 is 1.21 bits per heavy atom. The summed E-state index contributed by atoms with van der Waals surface area (Å²) in [5.74, 6) is -0.814. The Kier molecular flexibility index (Phi) is 5.98. The standard InChI is InChI=1S/C18H22N2O3S/c1-5-13-10-16(24-12(13)2)18(22)23-11-17(21)19-14-6-8-15(9-7-14)20(3)4/h6-10H,5,11H2,1-4H3,(H,19,21). The number of thiophene rings is 1. The molecule has 0 saturated carbocycles. The van der Waals surface area contributed by atoms with Crippen LogP contribution in [0.4, 0.5) is 11.4 Å². The normalized spacial score (nSPS) is 10.3. The van der Waals surface area contributed by atoms with Crippen molar-refractivity contribution in [3.8, 4) is 0 Å². The first kappa shape index (κ1) is 18.0. The molecule has 2 aromatic rings. The zero-order chi connectivity index (χ0) is 17.7. The fraction of sp³-hybridized carbons (Fsp3) is 0.333. The van der Waals surface area contributed by atoms with Crippen molar-refractivity contribution in [1.29, 1.82) is 0 Å². The molecule has 6 heteroatoms. The first-order valence-corrected chi connectivity index (χ1v) is 8.56. The van der Waals surface area contributed by atoms with Crippen LogP contribution in [0, 0.1) is 6.92 Å². The topological polar surface area (TPSA) is 58.6 Å². The third kappa shape index (κ3) is 4.58. The van der Waals surface area contributed by atoms with Crippen molar-refractivity contribution in [2.45, 2.75) is 20.3 Å². The second-order valence-corrected chi connectivity index (χ2v) is 6.87. The van der Waals surface area contributed by atoms with Gasteiger partial charge in [-0.05, 0) is 49.2 Å². The Balaban J connectivity index is 1.87. The van der Waals surface area contributed by atoms with Crippen LogP contribution in [0.25, 0.3) is 0 Å². The molecule has 1 heterocycles. The molecule has 0 unspecified atom stereocenters. The molecular weight excluding hydrogens is 324 g/mol. The highest BCUT2D eigenvalue weighted by Crippen LogP contribution is 2.22. The lowest BCUT2D eigenvalue weighted by molar-refractivity contribution is -0.119. The van der Waals surface area contributed by atoms with Gasteiger partial charge in [-0.25, -0.2) is 4.79 Å². The largest absolute Gasteiger partial charge is 0.451 e. The summed E-state index contributed by atoms with van der Waals surface area (Å²) >= 11 is 1.40. The number of carbonyl (C=O) groups excluding carboxylic acids is 2. The van der Waals surface area contributed by atoms with Crippen LogP contribution < -0.4 is 10.2 Å². The van der Waals surface area contributed by atoms with Crippen LogP contribution in [-0.2, 0) is 16.0 Å². The van der Waals surface area contributed by atoms with Gasteiger partial charge in [-0.1, -0.05) is 6.92 Å². The van der Waals surface area contributed by atoms with Gasteiger partial charge >= 0.3 is 5.97 Å². The zero-order valence-electron chi connectivity index (χ0n) is 14.4. The van der Waals surface area contributed by atoms with Crippen LogP contribution in [-0.4, -0.2) is 32.6 Å². The molecule has 24 heavy (non-hydrogen) atoms. The molecular formula is C18H22N2O3S. The van der Waals surface area contributed by atoms with Gasteiger partial charge in [0.1, 0.15) is 4.88 Å². The van der Waals surface area contributed by atoms with Gasteiger partial charge in [-0.3, -0.25) is 4.79 Å². The van der Waals surface area contributed by atoms with Crippen LogP contribution in [0.3, 0.4) is 0 Å². The molecule has 0 aliphatic heterocycles. The maximum Gasteiger partial charge on any atom is 0.348 e. The Bertz CT molecular complexity index is 720. The maximum atomic E-state index is 12.0. The summed E-state index contributed by atoms with van der Waals surface area (Å²) in [4.78, 5) is 27.5. The lowest BCUT2D eigenvalue weighted by Gasteiger charge is -2.13. The van der Waals surface area contributed by atoms with Gasteiger partial charge in [0.2, 0.25) is 0 Å². The highest BCUT2D eigenvalue weighted by molar-refractivity contribution is 7.14. The summed E-state index contributed by atoms with van der Waals surface area (Å²) in [5, 5.41) is 2.71. The predicted molar refractivity (Wildman–Crippen MR) is 98.1 cm³/mol. The summed E-state index contributed by atoms with van der Waals surface area (Å²) in [5.41, 5.74) is 2.85. The summed E-state index contributed by atoms with van der Waals surface area (Å²) in [6, 6.07) is 9.27. The van der Waals surface area contributed by atoms with Crippen LogP contribution in [0.1, 0.15) is 27.0 Å². The molecule has 128 valence electrons. The van der Waals surface area contributed by atoms with Crippen molar-refractivity contribution in [3.63, 3.8) is 0 Å². The molecule has 0 fully saturated rings. The van der Waals surface area contributed by atoms with E-state index in [9.17, 15) is 9.59 Å². The molecule has 1 amide bonds. The quantitative estimate of drug-likeness (QED) is 0.814. The number of carbonyl (C=O) groups is 2. The minimum Gasteiger partial charge on any atom is -0.451 e. The number of hydrogen-bond acceptors (Lipinski definition) is 5. The van der Waals surface area contributed by atoms with E-state index in [0.717, 1.165) is 22.5 Å². The minimum absolute atomic E-state index is 0.299. The van der Waals surface area contributed by atoms with Crippen LogP contribution in [0.5, 0.6) is 0 Å². The molecule has 0 saturated heterocycles. The number of benzene rings is 1. The van der Waals surface area contributed by atoms with E-state index >= 15 is 0 Å². The zero-order valence-corrected chi connectivity index (χ0v) is 15.2. The van der Waals surface area contributed by atoms with E-state index in [1.54, 1.807) is 0 Å². The Labute approximate surface area is 146 Å². The number of nitrogens with zero attached hydrogens (tertiary/aromatic N) is 1. The van der Waals surface area contributed by atoms with Crippen molar-refractivity contribution in [3.05, 3.63) is 45.6 Å². The minimum atomic E-state index is -0.457. The highest BCUT2D eigenvalue weighted by Gasteiger charge is 2.14. The molecule has 0 bridgehead atoms. The van der Waals surface area contributed by atoms with E-state index in [-0.39, 0.29) is 12.5 Å². The number of rotatable bonds is 6. The van der Waals surface area contributed by atoms with Crippen molar-refractivity contribution in [2.75, 3.05) is 30.9 Å². The number of amides is 1. The first-order valence-electron chi connectivity index (χ1n) is 7.74. The van der Waals surface area contributed by atoms with E-state index in [2.05, 4.69) is 5.32 Å². The molecule has 0 aliphatic rings. The van der Waals surface area contributed by atoms with Crippen LogP contribution >= 0.6 is 11.3 Å². The smallest absolute Gasteiger partial charge is 0.348 e. The van der Waals surface area contributed by atoms with E-state index in [4.69, 9.17) is 4.74 Å². The average Bonchev–Trinajstić information content (AvgIpc) is 2.94. The fourth-order valence-corrected chi connectivity index (χ4v) is 3.22. The SMILES string of the molecule is CCc1cc(C(=O)OCC(=O)Nc2ccc(N(C)C)cc2)sc1C. The number of ether oxygens (including phenoxy) is 1. The van der Waals surface area contributed by atoms with Crippen molar-refractivity contribution < 1.29 is 14.3 Å². The van der Waals surface area contributed by atoms with E-state index in [0.29, 0.717) is 10.6 Å². The van der Waals surface area contributed by atoms with Crippen molar-refractivity contribution >= 4 is 34.6 Å². The van der Waals surface area contributed by atoms with Crippen LogP contribution in [0.15, 0.2) is 30.3 Å². The van der Waals surface area contributed by atoms with Gasteiger partial charge in [0.05, 0.1) is 0 Å². The van der Waals surface area contributed by atoms with Gasteiger partial charge in [0, 0.05) is 30.3 Å². The average molecular weight is 346 g/mol. The Morgan fingerprint density at radius 2 is 1.88 bits per heavy atom. The van der Waals surface area contributed by atoms with E-state index < -0.39 is 5.97 Å². The van der Waals surface area contributed by atoms with Crippen molar-refractivity contribution in [2.24, 2.45) is 0 Å². The van der Waals surface area contributed by atoms with Gasteiger partial charge < -0.3 is 15.0 Å². The molecule has 0 atom stereocenters. The third-order valence-corrected chi connectivity index (χ3v) is 4.68. The van der Waals surface area contributed by atoms with Gasteiger partial charge in [0.15, 0.2) is 6.61 Å². The van der Waals surface area contributed by atoms with E-state index in [1.165, 1.54) is 11.3 Å². The van der Waals surface area contributed by atoms with Crippen LogP contribution in [0.2, 0.25) is 0 Å². The summed E-state index contributed by atoms with van der Waals surface area (Å²) < 4.78 is 5.09. The molecule has 5 nitrogen and oxygen atoms in total. The molecule has 0 spiro atoms. The lowest BCUT2D eigenvalue weighted by Crippen LogP contribution is -2.20. The fourth-order valence-electron chi connectivity index (χ4n) is 2.21. The van der Waals surface area contributed by atoms with Gasteiger partial charge in [-0.15, -0.1) is 11.3 Å². The molecule has 1 N–H and O–H groups in total. The third-order valence-electron chi connectivity index (χ3n) is 3.60. The Morgan fingerprint density at radius 3 is 2.42 bits per heavy atom. The molecule has 1 aromatic heterocycles. The molecule has 1 aromatic carbocycles. The molecule has 0 aliphatic carbocycles. The lowest BCUT2D eigenvalue weighted by atomic mass is 10.2. The first-order chi connectivity index (χ1) is 11.4. The highest BCUT2D eigenvalue weighted by atomic mass is 32.1. The van der Waals surface area contributed by atoms with E-state index in [1.807, 2.05) is 63.2 Å².